The second-order valence-corrected chi connectivity index (χ2v) is 25.1. The Balaban J connectivity index is 0.000000187. The molecule has 0 unspecified atom stereocenters. The van der Waals surface area contributed by atoms with Crippen LogP contribution in [0.25, 0.3) is 49.8 Å². The predicted octanol–water partition coefficient (Wildman–Crippen LogP) is 11.0. The molecule has 594 valence electrons. The molecule has 4 saturated heterocycles. The number of rotatable bonds is 10. The maximum absolute atomic E-state index is 13.9. The van der Waals surface area contributed by atoms with Crippen molar-refractivity contribution in [1.82, 2.24) is 74.4 Å². The van der Waals surface area contributed by atoms with E-state index >= 15 is 0 Å². The quantitative estimate of drug-likeness (QED) is 0.0368. The number of fused-ring (bicyclic) bond motifs is 6. The summed E-state index contributed by atoms with van der Waals surface area (Å²) < 4.78 is 224. The van der Waals surface area contributed by atoms with Crippen LogP contribution < -0.4 is 43.0 Å². The molecule has 13 rings (SSSR count). The molecule has 0 bridgehead atoms. The molecule has 8 N–H and O–H groups in total. The molecular formula is C64H77Cl3F16N22O3. The highest BCUT2D eigenvalue weighted by Gasteiger charge is 2.39. The summed E-state index contributed by atoms with van der Waals surface area (Å²) in [5.41, 5.74) is -2.85. The zero-order valence-electron chi connectivity index (χ0n) is 58.9. The van der Waals surface area contributed by atoms with Crippen molar-refractivity contribution >= 4 is 108 Å². The standard InChI is InChI=1S/C15H14F4N6.C14H13ClF4N4.C14H16F4N6.C9H2Cl2F4N2.C7H16O3.C5H12N2.H4N2/c1-23-2-4-24(5-3-23)13-14-22-20-8-25(14)12-6-9(15(17,18)19)10(16)7-11(12)21-13;1-22-2-4-23(5-3-22)13-12(15)20-10-6-8(14(17,18)19)9(16)7-11(10)21-13;1-23-2-4-24(5-3-23)13-12(22-19)20-10-6-8(14(16,17)18)9(15)7-11(10)21-13;10-7-8(11)17-6-2-4(12)3(9(13,14)15)1-5(6)16-7;1-4-8-7(9-5-2)10-6-3;1-7-4-2-6-3-5-7;1-2/h6-8H,2-5H2,1H3;6-7H,2-5H2,1H3;6-7H,2-5,19H2,1H3,(H,20,22);1-2H;7H,4-6H2,1-3H3;6H,2-5H2,1H3;1-2H2. The van der Waals surface area contributed by atoms with E-state index in [-0.39, 0.29) is 65.4 Å². The number of aromatic nitrogens is 10. The largest absolute Gasteiger partial charge is 0.419 e. The minimum absolute atomic E-state index is 0.0155. The molecule has 0 radical (unpaired) electrons. The van der Waals surface area contributed by atoms with Crippen molar-refractivity contribution in [3.63, 3.8) is 0 Å². The summed E-state index contributed by atoms with van der Waals surface area (Å²) >= 11 is 17.1. The van der Waals surface area contributed by atoms with Gasteiger partial charge in [-0.3, -0.25) is 16.1 Å². The molecule has 5 aromatic heterocycles. The van der Waals surface area contributed by atoms with Crippen LogP contribution in [0, 0.1) is 23.3 Å². The normalized spacial score (nSPS) is 15.9. The Morgan fingerprint density at radius 1 is 0.426 bits per heavy atom. The average Bonchev–Trinajstić information content (AvgIpc) is 1.47. The van der Waals surface area contributed by atoms with E-state index in [0.717, 1.165) is 76.6 Å². The number of nitrogens with two attached hydrogens (primary N) is 3. The second-order valence-electron chi connectivity index (χ2n) is 24.0. The number of piperazine rings is 4. The molecule has 4 aromatic carbocycles. The molecule has 0 spiro atoms. The first-order valence-electron chi connectivity index (χ1n) is 32.9. The molecule has 44 heteroatoms. The maximum atomic E-state index is 13.9. The number of anilines is 4. The van der Waals surface area contributed by atoms with Gasteiger partial charge >= 0.3 is 24.7 Å². The van der Waals surface area contributed by atoms with Gasteiger partial charge in [-0.1, -0.05) is 34.8 Å². The van der Waals surface area contributed by atoms with E-state index in [0.29, 0.717) is 106 Å². The molecule has 0 atom stereocenters. The fourth-order valence-electron chi connectivity index (χ4n) is 10.7. The topological polar surface area (TPSA) is 273 Å². The Bertz CT molecular complexity index is 4420. The van der Waals surface area contributed by atoms with E-state index in [1.807, 2.05) is 56.6 Å². The Kier molecular flexibility index (Phi) is 31.4. The molecule has 4 aliphatic rings. The van der Waals surface area contributed by atoms with Crippen LogP contribution in [-0.2, 0) is 38.9 Å². The van der Waals surface area contributed by atoms with Crippen LogP contribution in [0.5, 0.6) is 0 Å². The predicted molar refractivity (Wildman–Crippen MR) is 376 cm³/mol. The minimum atomic E-state index is -4.80. The second kappa shape index (κ2) is 38.7. The SMILES string of the molecule is CCOC(OCC)OCC.CN1CCN(c2nc3cc(F)c(C(F)(F)F)cc3n3cnnc23)CC1.CN1CCN(c2nc3cc(F)c(C(F)(F)F)cc3nc2Cl)CC1.CN1CCN(c2nc3cc(F)c(C(F)(F)F)cc3nc2NN)CC1.CN1CCNCC1.Fc1cc2nc(Cl)c(Cl)nc2cc1C(F)(F)F.NN. The Labute approximate surface area is 622 Å². The molecule has 9 heterocycles. The zero-order chi connectivity index (χ0) is 79.8. The number of hydrogen-bond donors (Lipinski definition) is 5. The summed E-state index contributed by atoms with van der Waals surface area (Å²) in [6.07, 6.45) is -17.9. The number of nitrogens with zero attached hydrogens (tertiary/aromatic N) is 17. The number of alkyl halides is 12. The fourth-order valence-corrected chi connectivity index (χ4v) is 11.2. The van der Waals surface area contributed by atoms with Crippen LogP contribution in [-0.4, -0.2) is 228 Å². The smallest absolute Gasteiger partial charge is 0.351 e. The van der Waals surface area contributed by atoms with Crippen LogP contribution in [0.4, 0.5) is 93.5 Å². The van der Waals surface area contributed by atoms with Crippen LogP contribution in [0.3, 0.4) is 0 Å². The lowest BCUT2D eigenvalue weighted by molar-refractivity contribution is -0.282. The van der Waals surface area contributed by atoms with Crippen molar-refractivity contribution in [2.75, 3.05) is 173 Å². The highest BCUT2D eigenvalue weighted by molar-refractivity contribution is 6.40. The van der Waals surface area contributed by atoms with Gasteiger partial charge < -0.3 is 59.3 Å². The Morgan fingerprint density at radius 3 is 1.11 bits per heavy atom. The lowest BCUT2D eigenvalue weighted by Crippen LogP contribution is -2.45. The third-order valence-corrected chi connectivity index (χ3v) is 17.3. The first-order chi connectivity index (χ1) is 50.9. The van der Waals surface area contributed by atoms with Gasteiger partial charge in [0.05, 0.1) is 66.4 Å². The first-order valence-corrected chi connectivity index (χ1v) is 34.0. The number of nitrogen functional groups attached to an aromatic ring is 1. The van der Waals surface area contributed by atoms with Crippen LogP contribution in [0.2, 0.25) is 15.5 Å². The van der Waals surface area contributed by atoms with Gasteiger partial charge in [-0.25, -0.2) is 58.3 Å². The van der Waals surface area contributed by atoms with Crippen molar-refractivity contribution < 1.29 is 84.5 Å². The van der Waals surface area contributed by atoms with E-state index in [1.54, 1.807) is 0 Å². The molecular weight excluding hydrogens is 1540 g/mol. The Hall–Kier alpha value is -7.78. The summed E-state index contributed by atoms with van der Waals surface area (Å²) in [6, 6.07) is 5.52. The van der Waals surface area contributed by atoms with E-state index < -0.39 is 76.7 Å². The molecule has 25 nitrogen and oxygen atoms in total. The van der Waals surface area contributed by atoms with E-state index in [1.165, 1.54) is 23.8 Å². The number of nitrogens with one attached hydrogen (secondary N) is 2. The lowest BCUT2D eigenvalue weighted by Gasteiger charge is -2.33. The number of ether oxygens (including phenoxy) is 3. The molecule has 108 heavy (non-hydrogen) atoms. The van der Waals surface area contributed by atoms with Gasteiger partial charge in [0.25, 0.3) is 6.48 Å². The van der Waals surface area contributed by atoms with Gasteiger partial charge in [0, 0.05) is 149 Å². The average molecular weight is 1610 g/mol. The summed E-state index contributed by atoms with van der Waals surface area (Å²) in [4.78, 5) is 42.7. The molecule has 4 fully saturated rings. The third kappa shape index (κ3) is 23.4. The number of hydrogen-bond acceptors (Lipinski definition) is 24. The van der Waals surface area contributed by atoms with E-state index in [4.69, 9.17) is 54.9 Å². The fraction of sp³-hybridized carbons (Fsp3) is 0.484. The van der Waals surface area contributed by atoms with Crippen molar-refractivity contribution in [3.05, 3.63) is 116 Å². The molecule has 0 aliphatic carbocycles. The molecule has 0 saturated carbocycles. The van der Waals surface area contributed by atoms with Gasteiger partial charge in [-0.05, 0) is 73.2 Å². The van der Waals surface area contributed by atoms with Crippen LogP contribution in [0.15, 0.2) is 54.9 Å². The van der Waals surface area contributed by atoms with Crippen LogP contribution in [0.1, 0.15) is 43.0 Å². The summed E-state index contributed by atoms with van der Waals surface area (Å²) in [5.74, 6) is 9.35. The van der Waals surface area contributed by atoms with E-state index in [9.17, 15) is 70.2 Å². The van der Waals surface area contributed by atoms with Gasteiger partial charge in [-0.15, -0.1) is 10.2 Å². The monoisotopic (exact) mass is 1610 g/mol. The molecule has 4 aliphatic heterocycles. The highest BCUT2D eigenvalue weighted by Crippen LogP contribution is 2.39. The van der Waals surface area contributed by atoms with Gasteiger partial charge in [0.2, 0.25) is 5.65 Å². The van der Waals surface area contributed by atoms with Gasteiger partial charge in [0.15, 0.2) is 38.7 Å². The summed E-state index contributed by atoms with van der Waals surface area (Å²) in [5, 5.41) is 10.7. The minimum Gasteiger partial charge on any atom is -0.351 e. The first kappa shape index (κ1) is 87.4. The third-order valence-electron chi connectivity index (χ3n) is 16.4. The van der Waals surface area contributed by atoms with Crippen molar-refractivity contribution in [1.29, 1.82) is 0 Å². The zero-order valence-corrected chi connectivity index (χ0v) is 61.2. The van der Waals surface area contributed by atoms with Crippen LogP contribution >= 0.6 is 34.8 Å². The van der Waals surface area contributed by atoms with Crippen molar-refractivity contribution in [2.24, 2.45) is 17.5 Å². The number of halogens is 19. The number of likely N-dealkylation sites (N-methyl/N-ethyl adjacent to an activating group) is 4. The maximum Gasteiger partial charge on any atom is 0.419 e. The number of hydrazine groups is 2. The highest BCUT2D eigenvalue weighted by atomic mass is 35.5. The molecule has 0 amide bonds. The number of benzene rings is 4. The summed E-state index contributed by atoms with van der Waals surface area (Å²) in [6.45, 7) is 20.7. The van der Waals surface area contributed by atoms with Crippen molar-refractivity contribution in [3.8, 4) is 0 Å². The van der Waals surface area contributed by atoms with E-state index in [2.05, 4.69) is 94.2 Å². The molecule has 9 aromatic rings. The summed E-state index contributed by atoms with van der Waals surface area (Å²) in [7, 11) is 8.13. The Morgan fingerprint density at radius 2 is 0.741 bits per heavy atom. The lowest BCUT2D eigenvalue weighted by atomic mass is 10.1. The van der Waals surface area contributed by atoms with Crippen molar-refractivity contribution in [2.45, 2.75) is 52.0 Å². The van der Waals surface area contributed by atoms with Gasteiger partial charge in [-0.2, -0.15) is 52.7 Å². The van der Waals surface area contributed by atoms with Gasteiger partial charge in [0.1, 0.15) is 29.6 Å².